The Morgan fingerprint density at radius 3 is 2.78 bits per heavy atom. The Kier molecular flexibility index (Phi) is 3.91. The van der Waals surface area contributed by atoms with Gasteiger partial charge in [0.15, 0.2) is 0 Å². The molecule has 3 nitrogen and oxygen atoms in total. The molecule has 0 aromatic heterocycles. The number of carbonyl (C=O) groups excluding carboxylic acids is 1. The lowest BCUT2D eigenvalue weighted by Crippen LogP contribution is -2.43. The lowest BCUT2D eigenvalue weighted by Gasteiger charge is -2.33. The number of carbonyl (C=O) groups is 1. The van der Waals surface area contributed by atoms with E-state index in [-0.39, 0.29) is 25.0 Å². The minimum absolute atomic E-state index is 0.0398. The summed E-state index contributed by atoms with van der Waals surface area (Å²) in [7, 11) is 0. The van der Waals surface area contributed by atoms with Gasteiger partial charge in [0.2, 0.25) is 5.91 Å². The largest absolute Gasteiger partial charge is 0.395 e. The van der Waals surface area contributed by atoms with E-state index in [1.54, 1.807) is 0 Å². The number of benzene rings is 1. The fraction of sp³-hybridized carbons (Fsp3) is 0.462. The van der Waals surface area contributed by atoms with Crippen molar-refractivity contribution in [2.75, 3.05) is 19.7 Å². The molecule has 0 heterocycles. The van der Waals surface area contributed by atoms with Gasteiger partial charge in [-0.15, -0.1) is 0 Å². The molecule has 0 radical (unpaired) electrons. The molecule has 1 aromatic carbocycles. The number of alkyl halides is 2. The molecule has 1 aliphatic rings. The smallest absolute Gasteiger partial charge is 0.255 e. The maximum absolute atomic E-state index is 12.4. The molecule has 5 heteroatoms. The first-order valence-electron chi connectivity index (χ1n) is 5.89. The second kappa shape index (κ2) is 5.44. The van der Waals surface area contributed by atoms with E-state index in [4.69, 9.17) is 5.11 Å². The van der Waals surface area contributed by atoms with E-state index in [0.717, 1.165) is 16.0 Å². The third-order valence-electron chi connectivity index (χ3n) is 3.19. The van der Waals surface area contributed by atoms with E-state index < -0.39 is 13.0 Å². The van der Waals surface area contributed by atoms with Crippen LogP contribution in [0.25, 0.3) is 0 Å². The summed E-state index contributed by atoms with van der Waals surface area (Å²) in [5.41, 5.74) is 2.01. The summed E-state index contributed by atoms with van der Waals surface area (Å²) in [5.74, 6) is -0.644. The molecule has 0 aliphatic heterocycles. The Morgan fingerprint density at radius 1 is 1.44 bits per heavy atom. The lowest BCUT2D eigenvalue weighted by atomic mass is 9.77. The van der Waals surface area contributed by atoms with E-state index in [1.165, 1.54) is 0 Å². The maximum atomic E-state index is 12.4. The van der Waals surface area contributed by atoms with Crippen molar-refractivity contribution in [2.45, 2.75) is 18.8 Å². The SMILES string of the molecule is O=C(C1Cc2ccccc21)N(CCO)CC(F)F. The van der Waals surface area contributed by atoms with E-state index >= 15 is 0 Å². The van der Waals surface area contributed by atoms with Gasteiger partial charge >= 0.3 is 0 Å². The van der Waals surface area contributed by atoms with Crippen LogP contribution in [0.2, 0.25) is 0 Å². The van der Waals surface area contributed by atoms with Gasteiger partial charge in [-0.25, -0.2) is 8.78 Å². The van der Waals surface area contributed by atoms with Crippen LogP contribution in [0.1, 0.15) is 17.0 Å². The maximum Gasteiger partial charge on any atom is 0.255 e. The van der Waals surface area contributed by atoms with Crippen molar-refractivity contribution in [2.24, 2.45) is 0 Å². The number of nitrogens with zero attached hydrogens (tertiary/aromatic N) is 1. The van der Waals surface area contributed by atoms with Crippen molar-refractivity contribution in [3.63, 3.8) is 0 Å². The summed E-state index contributed by atoms with van der Waals surface area (Å²) < 4.78 is 24.7. The van der Waals surface area contributed by atoms with E-state index in [2.05, 4.69) is 0 Å². The van der Waals surface area contributed by atoms with Gasteiger partial charge in [0, 0.05) is 6.54 Å². The van der Waals surface area contributed by atoms with E-state index in [1.807, 2.05) is 24.3 Å². The van der Waals surface area contributed by atoms with Crippen molar-refractivity contribution in [1.29, 1.82) is 0 Å². The first kappa shape index (κ1) is 13.0. The highest BCUT2D eigenvalue weighted by atomic mass is 19.3. The van der Waals surface area contributed by atoms with Gasteiger partial charge < -0.3 is 10.0 Å². The van der Waals surface area contributed by atoms with Crippen LogP contribution in [0.15, 0.2) is 24.3 Å². The summed E-state index contributed by atoms with van der Waals surface area (Å²) in [4.78, 5) is 13.1. The zero-order valence-corrected chi connectivity index (χ0v) is 9.85. The summed E-state index contributed by atoms with van der Waals surface area (Å²) in [6.07, 6.45) is -1.98. The van der Waals surface area contributed by atoms with E-state index in [9.17, 15) is 13.6 Å². The third kappa shape index (κ3) is 2.51. The van der Waals surface area contributed by atoms with Gasteiger partial charge in [-0.3, -0.25) is 4.79 Å². The quantitative estimate of drug-likeness (QED) is 0.864. The molecule has 0 spiro atoms. The first-order valence-corrected chi connectivity index (χ1v) is 5.89. The summed E-state index contributed by atoms with van der Waals surface area (Å²) in [5, 5.41) is 8.83. The monoisotopic (exact) mass is 255 g/mol. The molecule has 1 atom stereocenters. The van der Waals surface area contributed by atoms with Crippen molar-refractivity contribution in [1.82, 2.24) is 4.90 Å². The van der Waals surface area contributed by atoms with Crippen molar-refractivity contribution >= 4 is 5.91 Å². The van der Waals surface area contributed by atoms with Crippen LogP contribution in [-0.4, -0.2) is 42.0 Å². The molecule has 98 valence electrons. The molecule has 0 bridgehead atoms. The molecular weight excluding hydrogens is 240 g/mol. The van der Waals surface area contributed by atoms with Crippen molar-refractivity contribution in [3.8, 4) is 0 Å². The number of aliphatic hydroxyl groups is 1. The zero-order valence-electron chi connectivity index (χ0n) is 9.85. The molecule has 1 amide bonds. The molecule has 1 aliphatic carbocycles. The highest BCUT2D eigenvalue weighted by molar-refractivity contribution is 5.87. The second-order valence-corrected chi connectivity index (χ2v) is 4.35. The van der Waals surface area contributed by atoms with Crippen molar-refractivity contribution in [3.05, 3.63) is 35.4 Å². The van der Waals surface area contributed by atoms with Gasteiger partial charge in [0.05, 0.1) is 19.1 Å². The van der Waals surface area contributed by atoms with E-state index in [0.29, 0.717) is 6.42 Å². The minimum atomic E-state index is -2.57. The number of amides is 1. The number of hydrogen-bond donors (Lipinski definition) is 1. The summed E-state index contributed by atoms with van der Waals surface area (Å²) >= 11 is 0. The number of rotatable bonds is 5. The third-order valence-corrected chi connectivity index (χ3v) is 3.19. The fourth-order valence-electron chi connectivity index (χ4n) is 2.28. The lowest BCUT2D eigenvalue weighted by molar-refractivity contribution is -0.135. The normalized spacial score (nSPS) is 17.2. The highest BCUT2D eigenvalue weighted by Gasteiger charge is 2.35. The standard InChI is InChI=1S/C13H15F2NO2/c14-12(15)8-16(5-6-17)13(18)11-7-9-3-1-2-4-10(9)11/h1-4,11-12,17H,5-8H2. The van der Waals surface area contributed by atoms with Gasteiger partial charge in [0.1, 0.15) is 0 Å². The zero-order chi connectivity index (χ0) is 13.1. The topological polar surface area (TPSA) is 40.5 Å². The highest BCUT2D eigenvalue weighted by Crippen LogP contribution is 2.36. The van der Waals surface area contributed by atoms with Gasteiger partial charge in [-0.2, -0.15) is 0 Å². The average molecular weight is 255 g/mol. The average Bonchev–Trinajstić information content (AvgIpc) is 2.29. The Morgan fingerprint density at radius 2 is 2.17 bits per heavy atom. The van der Waals surface area contributed by atoms with Gasteiger partial charge in [-0.1, -0.05) is 24.3 Å². The fourth-order valence-corrected chi connectivity index (χ4v) is 2.28. The number of fused-ring (bicyclic) bond motifs is 1. The molecule has 18 heavy (non-hydrogen) atoms. The molecule has 1 unspecified atom stereocenters. The number of hydrogen-bond acceptors (Lipinski definition) is 2. The summed E-state index contributed by atoms with van der Waals surface area (Å²) in [6.45, 7) is -0.952. The molecule has 0 saturated carbocycles. The Balaban J connectivity index is 2.07. The predicted octanol–water partition coefficient (Wildman–Crippen LogP) is 1.41. The van der Waals surface area contributed by atoms with Gasteiger partial charge in [0.25, 0.3) is 6.43 Å². The van der Waals surface area contributed by atoms with Crippen molar-refractivity contribution < 1.29 is 18.7 Å². The minimum Gasteiger partial charge on any atom is -0.395 e. The Bertz CT molecular complexity index is 437. The molecular formula is C13H15F2NO2. The molecule has 0 fully saturated rings. The van der Waals surface area contributed by atoms with Crippen LogP contribution in [0.4, 0.5) is 8.78 Å². The predicted molar refractivity (Wildman–Crippen MR) is 62.6 cm³/mol. The first-order chi connectivity index (χ1) is 8.63. The molecule has 1 N–H and O–H groups in total. The van der Waals surface area contributed by atoms with Gasteiger partial charge in [-0.05, 0) is 17.5 Å². The second-order valence-electron chi connectivity index (χ2n) is 4.35. The Labute approximate surface area is 104 Å². The number of halogens is 2. The van der Waals surface area contributed by atoms with Crippen LogP contribution in [0.5, 0.6) is 0 Å². The number of aliphatic hydroxyl groups excluding tert-OH is 1. The molecule has 1 aromatic rings. The van der Waals surface area contributed by atoms with Crippen LogP contribution in [0, 0.1) is 0 Å². The summed E-state index contributed by atoms with van der Waals surface area (Å²) in [6, 6.07) is 7.51. The van der Waals surface area contributed by atoms with Crippen LogP contribution in [0.3, 0.4) is 0 Å². The Hall–Kier alpha value is -1.49. The van der Waals surface area contributed by atoms with Crippen LogP contribution < -0.4 is 0 Å². The molecule has 0 saturated heterocycles. The van der Waals surface area contributed by atoms with Crippen LogP contribution >= 0.6 is 0 Å². The molecule has 2 rings (SSSR count). The van der Waals surface area contributed by atoms with Crippen LogP contribution in [-0.2, 0) is 11.2 Å².